The molecule has 0 fully saturated rings. The molecule has 2 aromatic carbocycles. The summed E-state index contributed by atoms with van der Waals surface area (Å²) in [5.74, 6) is 0.471. The molecule has 102 valence electrons. The minimum atomic E-state index is -0.853. The van der Waals surface area contributed by atoms with Gasteiger partial charge in [0, 0.05) is 18.2 Å². The number of benzene rings is 2. The van der Waals surface area contributed by atoms with E-state index in [4.69, 9.17) is 0 Å². The van der Waals surface area contributed by atoms with E-state index >= 15 is 0 Å². The van der Waals surface area contributed by atoms with E-state index in [1.165, 1.54) is 0 Å². The Morgan fingerprint density at radius 2 is 1.80 bits per heavy atom. The maximum absolute atomic E-state index is 11.9. The van der Waals surface area contributed by atoms with Gasteiger partial charge in [-0.3, -0.25) is 9.79 Å². The minimum Gasteiger partial charge on any atom is -0.463 e. The van der Waals surface area contributed by atoms with Crippen LogP contribution < -0.4 is 4.74 Å². The normalized spacial score (nSPS) is 10.7. The molecule has 2 rings (SSSR count). The molecule has 0 unspecified atom stereocenters. The van der Waals surface area contributed by atoms with Crippen molar-refractivity contribution < 1.29 is 13.9 Å². The summed E-state index contributed by atoms with van der Waals surface area (Å²) < 4.78 is 16.6. The van der Waals surface area contributed by atoms with Crippen LogP contribution in [0.4, 0.5) is 10.1 Å². The third-order valence-electron chi connectivity index (χ3n) is 2.67. The molecule has 0 amide bonds. The topological polar surface area (TPSA) is 38.7 Å². The van der Waals surface area contributed by atoms with Gasteiger partial charge in [0.15, 0.2) is 5.78 Å². The summed E-state index contributed by atoms with van der Waals surface area (Å²) in [7, 11) is 0. The molecule has 0 spiro atoms. The third kappa shape index (κ3) is 4.02. The standard InChI is InChI=1S/C16H14FNO2/c17-12-20-15-8-6-14(7-9-15)18-11-10-16(19)13-4-2-1-3-5-13/h1-9,11H,10,12H2/i17-1. The highest BCUT2D eigenvalue weighted by Gasteiger charge is 2.02. The maximum Gasteiger partial charge on any atom is 0.228 e. The third-order valence-corrected chi connectivity index (χ3v) is 2.67. The number of alkyl halides is 1. The van der Waals surface area contributed by atoms with Gasteiger partial charge in [-0.25, -0.2) is 4.39 Å². The first kappa shape index (κ1) is 13.9. The van der Waals surface area contributed by atoms with Gasteiger partial charge in [-0.15, -0.1) is 0 Å². The van der Waals surface area contributed by atoms with E-state index in [0.29, 0.717) is 17.0 Å². The lowest BCUT2D eigenvalue weighted by molar-refractivity contribution is 0.100. The lowest BCUT2D eigenvalue weighted by Crippen LogP contribution is -1.98. The van der Waals surface area contributed by atoms with Crippen molar-refractivity contribution in [1.29, 1.82) is 0 Å². The fourth-order valence-electron chi connectivity index (χ4n) is 1.67. The fraction of sp³-hybridized carbons (Fsp3) is 0.125. The lowest BCUT2D eigenvalue weighted by atomic mass is 10.1. The first-order valence-electron chi connectivity index (χ1n) is 6.19. The molecule has 2 aromatic rings. The molecule has 0 atom stereocenters. The highest BCUT2D eigenvalue weighted by Crippen LogP contribution is 2.17. The van der Waals surface area contributed by atoms with Crippen LogP contribution in [0.5, 0.6) is 5.75 Å². The molecule has 0 N–H and O–H groups in total. The molecule has 0 aliphatic heterocycles. The van der Waals surface area contributed by atoms with Crippen LogP contribution in [0.1, 0.15) is 16.8 Å². The summed E-state index contributed by atoms with van der Waals surface area (Å²) in [5.41, 5.74) is 1.36. The van der Waals surface area contributed by atoms with Crippen molar-refractivity contribution in [3.8, 4) is 5.75 Å². The average Bonchev–Trinajstić information content (AvgIpc) is 2.50. The van der Waals surface area contributed by atoms with Crippen LogP contribution >= 0.6 is 0 Å². The number of hydrogen-bond donors (Lipinski definition) is 0. The summed E-state index contributed by atoms with van der Waals surface area (Å²) in [6.07, 6.45) is 1.81. The van der Waals surface area contributed by atoms with E-state index in [1.807, 2.05) is 18.2 Å². The van der Waals surface area contributed by atoms with Crippen molar-refractivity contribution in [1.82, 2.24) is 0 Å². The number of halogens is 1. The molecule has 4 heteroatoms. The lowest BCUT2D eigenvalue weighted by Gasteiger charge is -2.00. The number of carbonyl (C=O) groups excluding carboxylic acids is 1. The molecule has 3 nitrogen and oxygen atoms in total. The number of ketones is 1. The highest BCUT2D eigenvalue weighted by molar-refractivity contribution is 6.03. The molecule has 0 aliphatic rings. The summed E-state index contributed by atoms with van der Waals surface area (Å²) in [4.78, 5) is 16.0. The zero-order valence-corrected chi connectivity index (χ0v) is 10.8. The maximum atomic E-state index is 11.9. The summed E-state index contributed by atoms with van der Waals surface area (Å²) >= 11 is 0. The molecule has 0 radical (unpaired) electrons. The van der Waals surface area contributed by atoms with Crippen molar-refractivity contribution in [2.45, 2.75) is 6.42 Å². The summed E-state index contributed by atoms with van der Waals surface area (Å²) in [5, 5.41) is 0. The van der Waals surface area contributed by atoms with E-state index < -0.39 is 6.86 Å². The van der Waals surface area contributed by atoms with Gasteiger partial charge in [-0.1, -0.05) is 30.3 Å². The molecule has 20 heavy (non-hydrogen) atoms. The Kier molecular flexibility index (Phi) is 5.00. The second-order valence-electron chi connectivity index (χ2n) is 4.05. The van der Waals surface area contributed by atoms with Crippen LogP contribution in [0.2, 0.25) is 0 Å². The largest absolute Gasteiger partial charge is 0.463 e. The van der Waals surface area contributed by atoms with Crippen molar-refractivity contribution in [2.24, 2.45) is 4.99 Å². The van der Waals surface area contributed by atoms with Crippen molar-refractivity contribution in [3.05, 3.63) is 60.2 Å². The molecular weight excluding hydrogens is 256 g/mol. The Bertz CT molecular complexity index is 579. The SMILES string of the molecule is O=C(CC=Nc1ccc(OC[18F])cc1)c1ccccc1. The van der Waals surface area contributed by atoms with Crippen molar-refractivity contribution in [2.75, 3.05) is 6.86 Å². The molecule has 0 aromatic heterocycles. The van der Waals surface area contributed by atoms with Crippen LogP contribution in [0.15, 0.2) is 59.6 Å². The molecular formula is C16H14FNO2. The van der Waals surface area contributed by atoms with Crippen LogP contribution in [-0.2, 0) is 0 Å². The van der Waals surface area contributed by atoms with Crippen LogP contribution in [0, 0.1) is 0 Å². The quantitative estimate of drug-likeness (QED) is 0.588. The summed E-state index contributed by atoms with van der Waals surface area (Å²) in [6, 6.07) is 15.7. The second kappa shape index (κ2) is 7.19. The first-order chi connectivity index (χ1) is 9.79. The Morgan fingerprint density at radius 3 is 2.45 bits per heavy atom. The number of nitrogens with zero attached hydrogens (tertiary/aromatic N) is 1. The van der Waals surface area contributed by atoms with Crippen LogP contribution in [0.3, 0.4) is 0 Å². The van der Waals surface area contributed by atoms with Crippen molar-refractivity contribution in [3.63, 3.8) is 0 Å². The van der Waals surface area contributed by atoms with Gasteiger partial charge in [-0.2, -0.15) is 0 Å². The van der Waals surface area contributed by atoms with Gasteiger partial charge < -0.3 is 4.74 Å². The monoisotopic (exact) mass is 270 g/mol. The van der Waals surface area contributed by atoms with E-state index in [2.05, 4.69) is 9.73 Å². The van der Waals surface area contributed by atoms with Gasteiger partial charge in [0.25, 0.3) is 0 Å². The van der Waals surface area contributed by atoms with E-state index in [1.54, 1.807) is 42.6 Å². The van der Waals surface area contributed by atoms with Crippen LogP contribution in [-0.4, -0.2) is 18.9 Å². The fourth-order valence-corrected chi connectivity index (χ4v) is 1.67. The molecule has 0 saturated heterocycles. The Morgan fingerprint density at radius 1 is 1.10 bits per heavy atom. The van der Waals surface area contributed by atoms with Crippen LogP contribution in [0.25, 0.3) is 0 Å². The predicted octanol–water partition coefficient (Wildman–Crippen LogP) is 3.97. The zero-order chi connectivity index (χ0) is 14.2. The number of hydrogen-bond acceptors (Lipinski definition) is 3. The number of ether oxygens (including phenoxy) is 1. The second-order valence-corrected chi connectivity index (χ2v) is 4.05. The molecule has 0 heterocycles. The molecule has 0 bridgehead atoms. The Labute approximate surface area is 116 Å². The predicted molar refractivity (Wildman–Crippen MR) is 76.6 cm³/mol. The Hall–Kier alpha value is -2.49. The number of Topliss-reactive ketones (excluding diaryl/α,β-unsaturated/α-hetero) is 1. The minimum absolute atomic E-state index is 0.0201. The molecule has 0 saturated carbocycles. The zero-order valence-electron chi connectivity index (χ0n) is 10.8. The van der Waals surface area contributed by atoms with Crippen molar-refractivity contribution >= 4 is 17.7 Å². The highest BCUT2D eigenvalue weighted by atomic mass is 18.2. The van der Waals surface area contributed by atoms with Gasteiger partial charge in [-0.05, 0) is 24.3 Å². The van der Waals surface area contributed by atoms with E-state index in [-0.39, 0.29) is 12.2 Å². The summed E-state index contributed by atoms with van der Waals surface area (Å²) in [6.45, 7) is -0.853. The van der Waals surface area contributed by atoms with Gasteiger partial charge in [0.1, 0.15) is 5.75 Å². The van der Waals surface area contributed by atoms with E-state index in [9.17, 15) is 9.18 Å². The van der Waals surface area contributed by atoms with E-state index in [0.717, 1.165) is 0 Å². The van der Waals surface area contributed by atoms with Gasteiger partial charge in [0.2, 0.25) is 6.86 Å². The Balaban J connectivity index is 1.91. The van der Waals surface area contributed by atoms with Gasteiger partial charge in [0.05, 0.1) is 5.69 Å². The smallest absolute Gasteiger partial charge is 0.228 e. The molecule has 0 aliphatic carbocycles. The van der Waals surface area contributed by atoms with Gasteiger partial charge >= 0.3 is 0 Å². The number of rotatable bonds is 6. The first-order valence-corrected chi connectivity index (χ1v) is 6.19. The number of carbonyl (C=O) groups is 1. The average molecular weight is 270 g/mol. The number of aliphatic imine (C=N–C) groups is 1.